The zero-order chi connectivity index (χ0) is 17.3. The number of allylic oxidation sites excluding steroid dienone is 12. The summed E-state index contributed by atoms with van der Waals surface area (Å²) in [6.07, 6.45) is 27.6. The van der Waals surface area contributed by atoms with Crippen LogP contribution in [0.5, 0.6) is 0 Å². The van der Waals surface area contributed by atoms with Gasteiger partial charge < -0.3 is 0 Å². The Hall–Kier alpha value is -2.60. The Balaban J connectivity index is 1.27. The lowest BCUT2D eigenvalue weighted by molar-refractivity contribution is 0.705. The first-order valence-corrected chi connectivity index (χ1v) is 9.84. The van der Waals surface area contributed by atoms with E-state index in [0.717, 1.165) is 0 Å². The van der Waals surface area contributed by atoms with Gasteiger partial charge in [-0.25, -0.2) is 0 Å². The zero-order valence-corrected chi connectivity index (χ0v) is 15.1. The van der Waals surface area contributed by atoms with E-state index in [9.17, 15) is 0 Å². The molecule has 0 bridgehead atoms. The summed E-state index contributed by atoms with van der Waals surface area (Å²) in [6, 6.07) is 8.95. The largest absolute Gasteiger partial charge is 0.0730 e. The van der Waals surface area contributed by atoms with Crippen LogP contribution in [0.1, 0.15) is 25.7 Å². The highest BCUT2D eigenvalue weighted by molar-refractivity contribution is 5.80. The SMILES string of the molecule is C1=CC2=CC=C(CCCCC3=c4ccccc4=C4C=CC=CC43)C2C=C1. The Labute approximate surface area is 155 Å². The number of benzene rings is 1. The summed E-state index contributed by atoms with van der Waals surface area (Å²) in [5.74, 6) is 1.05. The number of rotatable bonds is 5. The third-order valence-corrected chi connectivity index (χ3v) is 6.10. The normalized spacial score (nSPS) is 24.5. The molecule has 0 nitrogen and oxygen atoms in total. The van der Waals surface area contributed by atoms with Gasteiger partial charge in [0, 0.05) is 11.8 Å². The molecular weight excluding hydrogens is 312 g/mol. The average molecular weight is 336 g/mol. The molecule has 0 heterocycles. The van der Waals surface area contributed by atoms with Crippen LogP contribution in [0.3, 0.4) is 0 Å². The topological polar surface area (TPSA) is 0 Å². The number of unbranched alkanes of at least 4 members (excludes halogenated alkanes) is 1. The van der Waals surface area contributed by atoms with Gasteiger partial charge in [-0.3, -0.25) is 0 Å². The third-order valence-electron chi connectivity index (χ3n) is 6.10. The Kier molecular flexibility index (Phi) is 3.97. The predicted octanol–water partition coefficient (Wildman–Crippen LogP) is 4.91. The van der Waals surface area contributed by atoms with Gasteiger partial charge >= 0.3 is 0 Å². The van der Waals surface area contributed by atoms with Crippen LogP contribution >= 0.6 is 0 Å². The van der Waals surface area contributed by atoms with Crippen molar-refractivity contribution in [3.63, 3.8) is 0 Å². The zero-order valence-electron chi connectivity index (χ0n) is 15.1. The molecule has 2 atom stereocenters. The summed E-state index contributed by atoms with van der Waals surface area (Å²) in [4.78, 5) is 0. The minimum absolute atomic E-state index is 0.503. The van der Waals surface area contributed by atoms with Crippen molar-refractivity contribution in [3.05, 3.63) is 107 Å². The maximum absolute atomic E-state index is 2.37. The second kappa shape index (κ2) is 6.61. The first-order chi connectivity index (χ1) is 12.9. The fraction of sp³-hybridized carbons (Fsp3) is 0.231. The fourth-order valence-electron chi connectivity index (χ4n) is 4.82. The molecule has 4 aliphatic carbocycles. The molecule has 1 aromatic carbocycles. The van der Waals surface area contributed by atoms with E-state index in [2.05, 4.69) is 85.0 Å². The van der Waals surface area contributed by atoms with Gasteiger partial charge in [-0.2, -0.15) is 0 Å². The summed E-state index contributed by atoms with van der Waals surface area (Å²) in [6.45, 7) is 0. The highest BCUT2D eigenvalue weighted by atomic mass is 14.3. The fourth-order valence-corrected chi connectivity index (χ4v) is 4.82. The molecule has 0 heteroatoms. The standard InChI is InChI=1S/C26H24/c1-3-11-21-19(9-1)17-18-20(21)10-2-4-12-22-23-13-5-7-15-25(23)26-16-8-6-14-24(22)26/h1,3,5-9,11,13-18,21,23H,2,4,10,12H2. The number of fused-ring (bicyclic) bond motifs is 3. The molecule has 0 radical (unpaired) electrons. The highest BCUT2D eigenvalue weighted by Crippen LogP contribution is 2.36. The summed E-state index contributed by atoms with van der Waals surface area (Å²) in [5, 5.41) is 2.92. The molecule has 128 valence electrons. The number of hydrogen-bond acceptors (Lipinski definition) is 0. The summed E-state index contributed by atoms with van der Waals surface area (Å²) in [7, 11) is 0. The summed E-state index contributed by atoms with van der Waals surface area (Å²) >= 11 is 0. The van der Waals surface area contributed by atoms with Crippen molar-refractivity contribution in [2.75, 3.05) is 0 Å². The van der Waals surface area contributed by atoms with Crippen LogP contribution < -0.4 is 10.4 Å². The van der Waals surface area contributed by atoms with Gasteiger partial charge in [-0.15, -0.1) is 0 Å². The van der Waals surface area contributed by atoms with Crippen LogP contribution in [0.2, 0.25) is 0 Å². The Morgan fingerprint density at radius 1 is 0.692 bits per heavy atom. The Bertz CT molecular complexity index is 1030. The van der Waals surface area contributed by atoms with E-state index in [1.54, 1.807) is 11.1 Å². The van der Waals surface area contributed by atoms with Crippen LogP contribution in [0.15, 0.2) is 96.2 Å². The van der Waals surface area contributed by atoms with E-state index in [4.69, 9.17) is 0 Å². The molecule has 0 saturated carbocycles. The van der Waals surface area contributed by atoms with Crippen LogP contribution in [0, 0.1) is 11.8 Å². The molecule has 0 aliphatic heterocycles. The molecule has 0 saturated heterocycles. The van der Waals surface area contributed by atoms with E-state index in [1.165, 1.54) is 47.3 Å². The molecule has 5 rings (SSSR count). The lowest BCUT2D eigenvalue weighted by Gasteiger charge is -2.18. The molecule has 4 aliphatic rings. The van der Waals surface area contributed by atoms with Crippen molar-refractivity contribution < 1.29 is 0 Å². The molecule has 2 unspecified atom stereocenters. The van der Waals surface area contributed by atoms with Crippen molar-refractivity contribution in [3.8, 4) is 0 Å². The van der Waals surface area contributed by atoms with E-state index in [1.807, 2.05) is 0 Å². The minimum Gasteiger partial charge on any atom is -0.0730 e. The van der Waals surface area contributed by atoms with Gasteiger partial charge in [-0.05, 0) is 47.3 Å². The lowest BCUT2D eigenvalue weighted by Crippen LogP contribution is -2.23. The van der Waals surface area contributed by atoms with Gasteiger partial charge in [0.25, 0.3) is 0 Å². The van der Waals surface area contributed by atoms with Crippen LogP contribution in [-0.2, 0) is 0 Å². The van der Waals surface area contributed by atoms with E-state index in [-0.39, 0.29) is 0 Å². The van der Waals surface area contributed by atoms with Crippen LogP contribution in [-0.4, -0.2) is 0 Å². The van der Waals surface area contributed by atoms with Gasteiger partial charge in [0.15, 0.2) is 0 Å². The first kappa shape index (κ1) is 15.6. The highest BCUT2D eigenvalue weighted by Gasteiger charge is 2.23. The van der Waals surface area contributed by atoms with Crippen LogP contribution in [0.4, 0.5) is 0 Å². The molecule has 0 spiro atoms. The van der Waals surface area contributed by atoms with E-state index >= 15 is 0 Å². The Morgan fingerprint density at radius 2 is 1.46 bits per heavy atom. The molecule has 1 aromatic rings. The lowest BCUT2D eigenvalue weighted by atomic mass is 9.86. The van der Waals surface area contributed by atoms with Gasteiger partial charge in [0.05, 0.1) is 0 Å². The van der Waals surface area contributed by atoms with E-state index < -0.39 is 0 Å². The summed E-state index contributed by atoms with van der Waals surface area (Å²) < 4.78 is 0. The second-order valence-corrected chi connectivity index (χ2v) is 7.58. The van der Waals surface area contributed by atoms with Crippen molar-refractivity contribution in [2.45, 2.75) is 25.7 Å². The van der Waals surface area contributed by atoms with Crippen molar-refractivity contribution >= 4 is 11.1 Å². The average Bonchev–Trinajstić information content (AvgIpc) is 3.25. The molecule has 0 aromatic heterocycles. The molecule has 0 N–H and O–H groups in total. The smallest absolute Gasteiger partial charge is 0.0246 e. The van der Waals surface area contributed by atoms with Crippen molar-refractivity contribution in [2.24, 2.45) is 11.8 Å². The third kappa shape index (κ3) is 2.61. The first-order valence-electron chi connectivity index (χ1n) is 9.84. The molecule has 0 amide bonds. The molecular formula is C26H24. The maximum atomic E-state index is 2.37. The molecule has 0 fully saturated rings. The van der Waals surface area contributed by atoms with E-state index in [0.29, 0.717) is 11.8 Å². The Morgan fingerprint density at radius 3 is 2.38 bits per heavy atom. The van der Waals surface area contributed by atoms with Crippen molar-refractivity contribution in [1.82, 2.24) is 0 Å². The van der Waals surface area contributed by atoms with Gasteiger partial charge in [0.2, 0.25) is 0 Å². The quantitative estimate of drug-likeness (QED) is 0.670. The maximum Gasteiger partial charge on any atom is 0.0246 e. The minimum atomic E-state index is 0.503. The second-order valence-electron chi connectivity index (χ2n) is 7.58. The van der Waals surface area contributed by atoms with Crippen LogP contribution in [0.25, 0.3) is 11.1 Å². The van der Waals surface area contributed by atoms with Gasteiger partial charge in [-0.1, -0.05) is 96.2 Å². The van der Waals surface area contributed by atoms with Gasteiger partial charge in [0.1, 0.15) is 0 Å². The monoisotopic (exact) mass is 336 g/mol. The van der Waals surface area contributed by atoms with Crippen molar-refractivity contribution in [1.29, 1.82) is 0 Å². The number of hydrogen-bond donors (Lipinski definition) is 0. The molecule has 26 heavy (non-hydrogen) atoms. The predicted molar refractivity (Wildman–Crippen MR) is 111 cm³/mol. The summed E-state index contributed by atoms with van der Waals surface area (Å²) in [5.41, 5.74) is 6.16.